The van der Waals surface area contributed by atoms with Gasteiger partial charge in [-0.05, 0) is 24.6 Å². The van der Waals surface area contributed by atoms with Crippen molar-refractivity contribution in [2.45, 2.75) is 13.0 Å². The van der Waals surface area contributed by atoms with Crippen molar-refractivity contribution in [2.24, 2.45) is 0 Å². The van der Waals surface area contributed by atoms with Gasteiger partial charge in [0.1, 0.15) is 13.2 Å². The van der Waals surface area contributed by atoms with E-state index in [0.717, 1.165) is 0 Å². The minimum Gasteiger partial charge on any atom is -0.486 e. The van der Waals surface area contributed by atoms with E-state index in [1.54, 1.807) is 6.92 Å². The molecule has 1 aliphatic rings. The number of hydrogen-bond acceptors (Lipinski definition) is 5. The van der Waals surface area contributed by atoms with Crippen LogP contribution in [0, 0.1) is 0 Å². The highest BCUT2D eigenvalue weighted by Crippen LogP contribution is 2.39. The number of halogens is 1. The van der Waals surface area contributed by atoms with Gasteiger partial charge >= 0.3 is 5.97 Å². The highest BCUT2D eigenvalue weighted by molar-refractivity contribution is 6.32. The lowest BCUT2D eigenvalue weighted by molar-refractivity contribution is -0.153. The van der Waals surface area contributed by atoms with Crippen LogP contribution in [0.25, 0.3) is 0 Å². The number of ether oxygens (including phenoxy) is 3. The van der Waals surface area contributed by atoms with Gasteiger partial charge in [0.25, 0.3) is 0 Å². The van der Waals surface area contributed by atoms with E-state index in [1.807, 2.05) is 0 Å². The van der Waals surface area contributed by atoms with Crippen molar-refractivity contribution in [3.63, 3.8) is 0 Å². The molecule has 18 heavy (non-hydrogen) atoms. The minimum absolute atomic E-state index is 0.203. The van der Waals surface area contributed by atoms with E-state index < -0.39 is 12.1 Å². The van der Waals surface area contributed by atoms with Crippen LogP contribution in [0.4, 0.5) is 0 Å². The summed E-state index contributed by atoms with van der Waals surface area (Å²) in [6, 6.07) is 3.00. The van der Waals surface area contributed by atoms with Crippen LogP contribution >= 0.6 is 11.6 Å². The topological polar surface area (TPSA) is 65.0 Å². The molecule has 0 amide bonds. The molecule has 5 nitrogen and oxygen atoms in total. The Balaban J connectivity index is 2.29. The zero-order chi connectivity index (χ0) is 13.1. The Morgan fingerprint density at radius 1 is 1.50 bits per heavy atom. The van der Waals surface area contributed by atoms with Crippen molar-refractivity contribution < 1.29 is 24.1 Å². The fourth-order valence-electron chi connectivity index (χ4n) is 1.65. The maximum Gasteiger partial charge on any atom is 0.339 e. The monoisotopic (exact) mass is 272 g/mol. The quantitative estimate of drug-likeness (QED) is 0.849. The van der Waals surface area contributed by atoms with Crippen LogP contribution < -0.4 is 9.47 Å². The average Bonchev–Trinajstić information content (AvgIpc) is 2.38. The molecule has 1 heterocycles. The highest BCUT2D eigenvalue weighted by Gasteiger charge is 2.24. The van der Waals surface area contributed by atoms with Crippen molar-refractivity contribution >= 4 is 17.6 Å². The Morgan fingerprint density at radius 2 is 2.22 bits per heavy atom. The van der Waals surface area contributed by atoms with Crippen molar-refractivity contribution in [1.29, 1.82) is 0 Å². The number of carbonyl (C=O) groups is 1. The minimum atomic E-state index is -1.38. The fourth-order valence-corrected chi connectivity index (χ4v) is 1.92. The number of benzene rings is 1. The maximum atomic E-state index is 11.4. The Morgan fingerprint density at radius 3 is 2.94 bits per heavy atom. The lowest BCUT2D eigenvalue weighted by atomic mass is 10.1. The van der Waals surface area contributed by atoms with Gasteiger partial charge in [-0.25, -0.2) is 4.79 Å². The first-order chi connectivity index (χ1) is 8.63. The smallest absolute Gasteiger partial charge is 0.339 e. The SMILES string of the molecule is CCOC(=O)C(O)c1cc(Cl)c2c(c1)OCCO2. The molecule has 1 aromatic carbocycles. The van der Waals surface area contributed by atoms with Crippen molar-refractivity contribution in [3.05, 3.63) is 22.7 Å². The Kier molecular flexibility index (Phi) is 3.93. The molecule has 2 rings (SSSR count). The first-order valence-corrected chi connectivity index (χ1v) is 5.95. The van der Waals surface area contributed by atoms with E-state index in [0.29, 0.717) is 35.3 Å². The van der Waals surface area contributed by atoms with Gasteiger partial charge in [-0.3, -0.25) is 0 Å². The van der Waals surface area contributed by atoms with E-state index in [2.05, 4.69) is 0 Å². The molecule has 6 heteroatoms. The lowest BCUT2D eigenvalue weighted by Gasteiger charge is -2.21. The largest absolute Gasteiger partial charge is 0.486 e. The third-order valence-electron chi connectivity index (χ3n) is 2.44. The summed E-state index contributed by atoms with van der Waals surface area (Å²) in [5, 5.41) is 10.1. The van der Waals surface area contributed by atoms with Gasteiger partial charge in [-0.1, -0.05) is 11.6 Å². The zero-order valence-corrected chi connectivity index (χ0v) is 10.6. The number of esters is 1. The number of hydrogen-bond donors (Lipinski definition) is 1. The molecule has 0 aromatic heterocycles. The molecule has 0 saturated heterocycles. The first-order valence-electron chi connectivity index (χ1n) is 5.57. The summed E-state index contributed by atoms with van der Waals surface area (Å²) in [6.45, 7) is 2.70. The predicted molar refractivity (Wildman–Crippen MR) is 64.0 cm³/mol. The molecule has 0 fully saturated rings. The zero-order valence-electron chi connectivity index (χ0n) is 9.81. The molecule has 1 aromatic rings. The number of aliphatic hydroxyl groups is 1. The third kappa shape index (κ3) is 2.52. The van der Waals surface area contributed by atoms with Crippen molar-refractivity contribution in [3.8, 4) is 11.5 Å². The molecule has 1 unspecified atom stereocenters. The number of aliphatic hydroxyl groups excluding tert-OH is 1. The molecule has 1 N–H and O–H groups in total. The normalized spacial score (nSPS) is 15.1. The number of rotatable bonds is 3. The molecule has 0 radical (unpaired) electrons. The van der Waals surface area contributed by atoms with Crippen LogP contribution in [0.2, 0.25) is 5.02 Å². The predicted octanol–water partition coefficient (Wildman–Crippen LogP) is 1.71. The van der Waals surface area contributed by atoms with Gasteiger partial charge in [0, 0.05) is 0 Å². The second kappa shape index (κ2) is 5.46. The summed E-state index contributed by atoms with van der Waals surface area (Å²) in [5.74, 6) is 0.139. The van der Waals surface area contributed by atoms with E-state index in [4.69, 9.17) is 25.8 Å². The van der Waals surface area contributed by atoms with Crippen LogP contribution in [-0.4, -0.2) is 30.9 Å². The van der Waals surface area contributed by atoms with Crippen LogP contribution in [0.5, 0.6) is 11.5 Å². The second-order valence-electron chi connectivity index (χ2n) is 3.68. The van der Waals surface area contributed by atoms with E-state index >= 15 is 0 Å². The Bertz CT molecular complexity index is 460. The first kappa shape index (κ1) is 13.0. The maximum absolute atomic E-state index is 11.4. The summed E-state index contributed by atoms with van der Waals surface area (Å²) in [4.78, 5) is 11.4. The molecule has 1 aliphatic heterocycles. The summed E-state index contributed by atoms with van der Waals surface area (Å²) in [5.41, 5.74) is 0.322. The van der Waals surface area contributed by atoms with Gasteiger partial charge in [0.05, 0.1) is 11.6 Å². The van der Waals surface area contributed by atoms with Gasteiger partial charge in [0.2, 0.25) is 0 Å². The summed E-state index contributed by atoms with van der Waals surface area (Å²) < 4.78 is 15.4. The van der Waals surface area contributed by atoms with E-state index in [-0.39, 0.29) is 6.61 Å². The molecule has 0 spiro atoms. The molecule has 0 bridgehead atoms. The van der Waals surface area contributed by atoms with Crippen molar-refractivity contribution in [2.75, 3.05) is 19.8 Å². The standard InChI is InChI=1S/C12H13ClO5/c1-2-16-12(15)10(14)7-5-8(13)11-9(6-7)17-3-4-18-11/h5-6,10,14H,2-4H2,1H3. The van der Waals surface area contributed by atoms with Gasteiger partial charge in [-0.15, -0.1) is 0 Å². The number of fused-ring (bicyclic) bond motifs is 1. The Hall–Kier alpha value is -1.46. The summed E-state index contributed by atoms with van der Waals surface area (Å²) in [7, 11) is 0. The summed E-state index contributed by atoms with van der Waals surface area (Å²) in [6.07, 6.45) is -1.38. The number of carbonyl (C=O) groups excluding carboxylic acids is 1. The van der Waals surface area contributed by atoms with E-state index in [1.165, 1.54) is 12.1 Å². The fraction of sp³-hybridized carbons (Fsp3) is 0.417. The van der Waals surface area contributed by atoms with E-state index in [9.17, 15) is 9.90 Å². The lowest BCUT2D eigenvalue weighted by Crippen LogP contribution is -2.18. The van der Waals surface area contributed by atoms with Gasteiger partial charge in [0.15, 0.2) is 17.6 Å². The highest BCUT2D eigenvalue weighted by atomic mass is 35.5. The van der Waals surface area contributed by atoms with Crippen LogP contribution in [0.1, 0.15) is 18.6 Å². The van der Waals surface area contributed by atoms with Gasteiger partial charge < -0.3 is 19.3 Å². The molecule has 1 atom stereocenters. The van der Waals surface area contributed by atoms with Crippen molar-refractivity contribution in [1.82, 2.24) is 0 Å². The molecule has 0 aliphatic carbocycles. The summed E-state index contributed by atoms with van der Waals surface area (Å²) >= 11 is 6.00. The third-order valence-corrected chi connectivity index (χ3v) is 2.73. The molecular formula is C12H13ClO5. The van der Waals surface area contributed by atoms with Crippen LogP contribution in [0.3, 0.4) is 0 Å². The van der Waals surface area contributed by atoms with Crippen LogP contribution in [-0.2, 0) is 9.53 Å². The van der Waals surface area contributed by atoms with Gasteiger partial charge in [-0.2, -0.15) is 0 Å². The van der Waals surface area contributed by atoms with Crippen LogP contribution in [0.15, 0.2) is 12.1 Å². The molecule has 98 valence electrons. The molecular weight excluding hydrogens is 260 g/mol. The Labute approximate surface area is 109 Å². The second-order valence-corrected chi connectivity index (χ2v) is 4.09. The molecule has 0 saturated carbocycles. The average molecular weight is 273 g/mol.